The minimum Gasteiger partial charge on any atom is -0.344 e. The lowest BCUT2D eigenvalue weighted by Crippen LogP contribution is -2.47. The van der Waals surface area contributed by atoms with Crippen LogP contribution in [0.5, 0.6) is 0 Å². The van der Waals surface area contributed by atoms with Gasteiger partial charge >= 0.3 is 0 Å². The smallest absolute Gasteiger partial charge is 0.247 e. The Labute approximate surface area is 153 Å². The first-order valence-electron chi connectivity index (χ1n) is 8.27. The summed E-state index contributed by atoms with van der Waals surface area (Å²) >= 11 is 6.17. The van der Waals surface area contributed by atoms with Gasteiger partial charge in [0, 0.05) is 0 Å². The van der Waals surface area contributed by atoms with Gasteiger partial charge in [0.15, 0.2) is 0 Å². The minimum atomic E-state index is -0.631. The van der Waals surface area contributed by atoms with Gasteiger partial charge in [-0.1, -0.05) is 61.8 Å². The number of nitrogens with one attached hydrogen (secondary N) is 2. The first-order chi connectivity index (χ1) is 11.9. The Balaban J connectivity index is 2.03. The molecule has 4 nitrogen and oxygen atoms in total. The Morgan fingerprint density at radius 1 is 1.08 bits per heavy atom. The molecule has 1 unspecified atom stereocenters. The van der Waals surface area contributed by atoms with Crippen molar-refractivity contribution in [1.82, 2.24) is 5.32 Å². The average Bonchev–Trinajstić information content (AvgIpc) is 2.55. The lowest BCUT2D eigenvalue weighted by Gasteiger charge is -2.22. The molecule has 0 aliphatic heterocycles. The Kier molecular flexibility index (Phi) is 6.59. The number of halogens is 1. The molecule has 0 saturated carbocycles. The zero-order chi connectivity index (χ0) is 18.4. The molecule has 0 heterocycles. The summed E-state index contributed by atoms with van der Waals surface area (Å²) in [4.78, 5) is 24.9. The van der Waals surface area contributed by atoms with Crippen molar-refractivity contribution in [1.29, 1.82) is 0 Å². The lowest BCUT2D eigenvalue weighted by molar-refractivity contribution is -0.127. The number of hydrogen-bond acceptors (Lipinski definition) is 2. The molecule has 2 amide bonds. The number of benzene rings is 2. The first-order valence-corrected chi connectivity index (χ1v) is 8.65. The fraction of sp³-hybridized carbons (Fsp3) is 0.300. The zero-order valence-electron chi connectivity index (χ0n) is 14.7. The molecule has 2 rings (SSSR count). The second-order valence-electron chi connectivity index (χ2n) is 6.42. The quantitative estimate of drug-likeness (QED) is 0.820. The van der Waals surface area contributed by atoms with Gasteiger partial charge in [-0.25, -0.2) is 0 Å². The highest BCUT2D eigenvalue weighted by Crippen LogP contribution is 2.23. The number of carbonyl (C=O) groups excluding carboxylic acids is 2. The van der Waals surface area contributed by atoms with Crippen molar-refractivity contribution in [3.63, 3.8) is 0 Å². The van der Waals surface area contributed by atoms with Crippen LogP contribution in [0, 0.1) is 12.8 Å². The zero-order valence-corrected chi connectivity index (χ0v) is 15.4. The summed E-state index contributed by atoms with van der Waals surface area (Å²) in [6.07, 6.45) is 0.239. The molecule has 2 aromatic rings. The van der Waals surface area contributed by atoms with E-state index in [-0.39, 0.29) is 24.2 Å². The van der Waals surface area contributed by atoms with Crippen LogP contribution in [0.3, 0.4) is 0 Å². The van der Waals surface area contributed by atoms with Gasteiger partial charge < -0.3 is 10.6 Å². The molecule has 0 fully saturated rings. The maximum absolute atomic E-state index is 12.6. The van der Waals surface area contributed by atoms with Gasteiger partial charge in [0.2, 0.25) is 11.8 Å². The van der Waals surface area contributed by atoms with Crippen molar-refractivity contribution in [3.8, 4) is 0 Å². The van der Waals surface area contributed by atoms with Gasteiger partial charge in [-0.05, 0) is 36.1 Å². The third-order valence-electron chi connectivity index (χ3n) is 3.86. The van der Waals surface area contributed by atoms with Crippen LogP contribution in [-0.4, -0.2) is 17.9 Å². The van der Waals surface area contributed by atoms with E-state index in [1.165, 1.54) is 0 Å². The molecule has 1 atom stereocenters. The molecular weight excluding hydrogens is 336 g/mol. The Bertz CT molecular complexity index is 745. The third kappa shape index (κ3) is 5.61. The number of aryl methyl sites for hydroxylation is 1. The summed E-state index contributed by atoms with van der Waals surface area (Å²) in [5, 5.41) is 6.10. The standard InChI is InChI=1S/C20H23ClN2O2/c1-13(2)19(23-18(24)12-15-7-5-4-6-8-15)20(25)22-17-10-9-14(3)11-16(17)21/h4-11,13,19H,12H2,1-3H3,(H,22,25)(H,23,24). The van der Waals surface area contributed by atoms with Crippen LogP contribution in [0.1, 0.15) is 25.0 Å². The molecule has 2 aromatic carbocycles. The van der Waals surface area contributed by atoms with Crippen LogP contribution in [-0.2, 0) is 16.0 Å². The molecule has 0 aliphatic rings. The highest BCUT2D eigenvalue weighted by atomic mass is 35.5. The summed E-state index contributed by atoms with van der Waals surface area (Å²) < 4.78 is 0. The van der Waals surface area contributed by atoms with Gasteiger partial charge in [-0.3, -0.25) is 9.59 Å². The summed E-state index contributed by atoms with van der Waals surface area (Å²) in [6.45, 7) is 5.71. The van der Waals surface area contributed by atoms with Gasteiger partial charge in [0.1, 0.15) is 6.04 Å². The van der Waals surface area contributed by atoms with Crippen LogP contribution in [0.4, 0.5) is 5.69 Å². The van der Waals surface area contributed by atoms with Crippen molar-refractivity contribution in [2.75, 3.05) is 5.32 Å². The Morgan fingerprint density at radius 3 is 2.36 bits per heavy atom. The fourth-order valence-corrected chi connectivity index (χ4v) is 2.76. The largest absolute Gasteiger partial charge is 0.344 e. The summed E-state index contributed by atoms with van der Waals surface area (Å²) in [5.41, 5.74) is 2.46. The van der Waals surface area contributed by atoms with Crippen molar-refractivity contribution in [3.05, 3.63) is 64.7 Å². The molecule has 5 heteroatoms. The van der Waals surface area contributed by atoms with E-state index in [1.54, 1.807) is 12.1 Å². The van der Waals surface area contributed by atoms with Crippen LogP contribution < -0.4 is 10.6 Å². The summed E-state index contributed by atoms with van der Waals surface area (Å²) in [6, 6.07) is 14.2. The van der Waals surface area contributed by atoms with Crippen molar-refractivity contribution in [2.24, 2.45) is 5.92 Å². The normalized spacial score (nSPS) is 11.9. The second kappa shape index (κ2) is 8.67. The summed E-state index contributed by atoms with van der Waals surface area (Å²) in [7, 11) is 0. The molecule has 0 radical (unpaired) electrons. The van der Waals surface area contributed by atoms with Gasteiger partial charge in [0.25, 0.3) is 0 Å². The molecule has 0 saturated heterocycles. The SMILES string of the molecule is Cc1ccc(NC(=O)C(NC(=O)Cc2ccccc2)C(C)C)c(Cl)c1. The number of amides is 2. The minimum absolute atomic E-state index is 0.0519. The maximum Gasteiger partial charge on any atom is 0.247 e. The molecular formula is C20H23ClN2O2. The van der Waals surface area contributed by atoms with E-state index < -0.39 is 6.04 Å². The highest BCUT2D eigenvalue weighted by Gasteiger charge is 2.24. The van der Waals surface area contributed by atoms with Crippen LogP contribution in [0.15, 0.2) is 48.5 Å². The summed E-state index contributed by atoms with van der Waals surface area (Å²) in [5.74, 6) is -0.513. The molecule has 0 aromatic heterocycles. The topological polar surface area (TPSA) is 58.2 Å². The van der Waals surface area contributed by atoms with Crippen LogP contribution >= 0.6 is 11.6 Å². The monoisotopic (exact) mass is 358 g/mol. The van der Waals surface area contributed by atoms with E-state index in [0.29, 0.717) is 10.7 Å². The van der Waals surface area contributed by atoms with Gasteiger partial charge in [-0.2, -0.15) is 0 Å². The first kappa shape index (κ1) is 19.0. The Morgan fingerprint density at radius 2 is 1.76 bits per heavy atom. The van der Waals surface area contributed by atoms with E-state index in [2.05, 4.69) is 10.6 Å². The number of anilines is 1. The fourth-order valence-electron chi connectivity index (χ4n) is 2.47. The van der Waals surface area contributed by atoms with Gasteiger partial charge in [0.05, 0.1) is 17.1 Å². The second-order valence-corrected chi connectivity index (χ2v) is 6.83. The predicted octanol–water partition coefficient (Wildman–Crippen LogP) is 3.97. The van der Waals surface area contributed by atoms with Crippen molar-refractivity contribution >= 4 is 29.1 Å². The predicted molar refractivity (Wildman–Crippen MR) is 102 cm³/mol. The molecule has 0 spiro atoms. The molecule has 132 valence electrons. The number of hydrogen-bond donors (Lipinski definition) is 2. The molecule has 0 bridgehead atoms. The average molecular weight is 359 g/mol. The number of rotatable bonds is 6. The van der Waals surface area contributed by atoms with E-state index in [1.807, 2.05) is 57.2 Å². The van der Waals surface area contributed by atoms with Crippen molar-refractivity contribution < 1.29 is 9.59 Å². The molecule has 0 aliphatic carbocycles. The van der Waals surface area contributed by atoms with Gasteiger partial charge in [-0.15, -0.1) is 0 Å². The highest BCUT2D eigenvalue weighted by molar-refractivity contribution is 6.33. The van der Waals surface area contributed by atoms with Crippen LogP contribution in [0.25, 0.3) is 0 Å². The number of carbonyl (C=O) groups is 2. The van der Waals surface area contributed by atoms with Crippen LogP contribution in [0.2, 0.25) is 5.02 Å². The van der Waals surface area contributed by atoms with Crippen molar-refractivity contribution in [2.45, 2.75) is 33.2 Å². The molecule has 2 N–H and O–H groups in total. The maximum atomic E-state index is 12.6. The third-order valence-corrected chi connectivity index (χ3v) is 4.17. The van der Waals surface area contributed by atoms with E-state index in [4.69, 9.17) is 11.6 Å². The van der Waals surface area contributed by atoms with E-state index in [0.717, 1.165) is 11.1 Å². The van der Waals surface area contributed by atoms with E-state index in [9.17, 15) is 9.59 Å². The van der Waals surface area contributed by atoms with E-state index >= 15 is 0 Å². The lowest BCUT2D eigenvalue weighted by atomic mass is 10.0. The Hall–Kier alpha value is -2.33. The molecule has 25 heavy (non-hydrogen) atoms.